The van der Waals surface area contributed by atoms with Crippen molar-refractivity contribution in [3.8, 4) is 11.8 Å². The predicted octanol–water partition coefficient (Wildman–Crippen LogP) is 9.74. The maximum atomic E-state index is 12.3. The van der Waals surface area contributed by atoms with Crippen LogP contribution < -0.4 is 0 Å². The number of hydrogen-bond donors (Lipinski definition) is 2. The fourth-order valence-corrected chi connectivity index (χ4v) is 5.32. The highest BCUT2D eigenvalue weighted by Crippen LogP contribution is 2.43. The van der Waals surface area contributed by atoms with Crippen LogP contribution in [0.15, 0.2) is 56.9 Å². The number of fused-ring (bicyclic) bond motifs is 2. The maximum Gasteiger partial charge on any atom is 0.264 e. The van der Waals surface area contributed by atoms with E-state index in [1.165, 1.54) is 0 Å². The molecular weight excluding hydrogens is 579 g/mol. The second-order valence-electron chi connectivity index (χ2n) is 10.7. The molecule has 222 valence electrons. The highest BCUT2D eigenvalue weighted by Gasteiger charge is 2.20. The van der Waals surface area contributed by atoms with Crippen LogP contribution in [0.2, 0.25) is 10.0 Å². The van der Waals surface area contributed by atoms with Gasteiger partial charge in [-0.15, -0.1) is 20.5 Å². The van der Waals surface area contributed by atoms with Crippen LogP contribution in [0.5, 0.6) is 11.8 Å². The third-order valence-corrected chi connectivity index (χ3v) is 7.38. The lowest BCUT2D eigenvalue weighted by Gasteiger charge is -2.10. The minimum absolute atomic E-state index is 0.0281. The van der Waals surface area contributed by atoms with Gasteiger partial charge in [0.05, 0.1) is 11.0 Å². The van der Waals surface area contributed by atoms with Gasteiger partial charge in [0.15, 0.2) is 11.4 Å². The molecule has 0 bridgehead atoms. The molecule has 0 atom stereocenters. The van der Waals surface area contributed by atoms with Gasteiger partial charge < -0.3 is 19.3 Å². The Bertz CT molecular complexity index is 1560. The lowest BCUT2D eigenvalue weighted by Crippen LogP contribution is -1.98. The molecule has 2 heterocycles. The Labute approximate surface area is 253 Å². The van der Waals surface area contributed by atoms with Crippen LogP contribution in [0.1, 0.15) is 78.3 Å². The molecule has 0 aliphatic heterocycles. The van der Waals surface area contributed by atoms with Gasteiger partial charge in [-0.1, -0.05) is 36.0 Å². The lowest BCUT2D eigenvalue weighted by atomic mass is 10.1. The van der Waals surface area contributed by atoms with E-state index >= 15 is 0 Å². The quantitative estimate of drug-likeness (QED) is 0.129. The van der Waals surface area contributed by atoms with Crippen LogP contribution in [0.25, 0.3) is 21.8 Å². The van der Waals surface area contributed by atoms with Gasteiger partial charge in [-0.2, -0.15) is 0 Å². The number of unbranched alkanes of at least 4 members (excludes halogenated alkanes) is 3. The second kappa shape index (κ2) is 13.5. The van der Waals surface area contributed by atoms with Crippen molar-refractivity contribution in [3.05, 3.63) is 46.4 Å². The van der Waals surface area contributed by atoms with E-state index in [0.29, 0.717) is 33.7 Å². The monoisotopic (exact) mass is 612 g/mol. The summed E-state index contributed by atoms with van der Waals surface area (Å²) in [6.45, 7) is 7.74. The molecular formula is C30H34Cl2N6O4. The number of carbonyl (C=O) groups excluding carboxylic acids is 2. The zero-order valence-electron chi connectivity index (χ0n) is 24.0. The number of halogens is 2. The van der Waals surface area contributed by atoms with Crippen molar-refractivity contribution < 1.29 is 19.8 Å². The van der Waals surface area contributed by atoms with Crippen molar-refractivity contribution >= 4 is 68.2 Å². The molecule has 2 aromatic heterocycles. The average molecular weight is 614 g/mol. The number of amides is 2. The number of rotatable bonds is 11. The molecule has 2 N–H and O–H groups in total. The predicted molar refractivity (Wildman–Crippen MR) is 165 cm³/mol. The summed E-state index contributed by atoms with van der Waals surface area (Å²) in [5, 5.41) is 39.4. The summed E-state index contributed by atoms with van der Waals surface area (Å²) in [5.74, 6) is -0.921. The molecule has 0 spiro atoms. The summed E-state index contributed by atoms with van der Waals surface area (Å²) in [6, 6.07) is 10.4. The van der Waals surface area contributed by atoms with Gasteiger partial charge in [-0.3, -0.25) is 9.59 Å². The highest BCUT2D eigenvalue weighted by molar-refractivity contribution is 6.32. The molecule has 42 heavy (non-hydrogen) atoms. The first kappa shape index (κ1) is 31.2. The normalized spacial score (nSPS) is 12.3. The second-order valence-corrected chi connectivity index (χ2v) is 11.6. The third kappa shape index (κ3) is 6.82. The molecule has 0 aliphatic rings. The summed E-state index contributed by atoms with van der Waals surface area (Å²) >= 11 is 12.3. The standard InChI is InChI=1S/C30H34Cl2N6O4/c1-17(2)37-23-13-11-19(31)15-21(23)27(29(37)41)35-33-25(39)9-7-5-6-8-10-26(40)34-36-28-22-16-20(32)12-14-24(22)38(18(3)4)30(28)42/h11-18,41-42H,5-10H2,1-4H3. The lowest BCUT2D eigenvalue weighted by molar-refractivity contribution is -0.119. The van der Waals surface area contributed by atoms with E-state index < -0.39 is 11.8 Å². The number of aromatic nitrogens is 2. The first-order chi connectivity index (χ1) is 20.0. The van der Waals surface area contributed by atoms with E-state index in [2.05, 4.69) is 20.5 Å². The van der Waals surface area contributed by atoms with Crippen molar-refractivity contribution in [1.29, 1.82) is 0 Å². The zero-order chi connectivity index (χ0) is 30.6. The van der Waals surface area contributed by atoms with Crippen molar-refractivity contribution in [2.75, 3.05) is 0 Å². The van der Waals surface area contributed by atoms with Crippen LogP contribution in [0.3, 0.4) is 0 Å². The smallest absolute Gasteiger partial charge is 0.264 e. The van der Waals surface area contributed by atoms with E-state index in [1.54, 1.807) is 45.5 Å². The van der Waals surface area contributed by atoms with Crippen molar-refractivity contribution in [1.82, 2.24) is 9.13 Å². The fourth-order valence-electron chi connectivity index (χ4n) is 4.97. The van der Waals surface area contributed by atoms with Crippen LogP contribution in [0, 0.1) is 0 Å². The minimum atomic E-state index is -0.396. The Hall–Kier alpha value is -3.76. The number of nitrogens with zero attached hydrogens (tertiary/aromatic N) is 6. The fraction of sp³-hybridized carbons (Fsp3) is 0.400. The summed E-state index contributed by atoms with van der Waals surface area (Å²) in [6.07, 6.45) is 3.01. The largest absolute Gasteiger partial charge is 0.493 e. The summed E-state index contributed by atoms with van der Waals surface area (Å²) in [5.41, 5.74) is 1.94. The average Bonchev–Trinajstić information content (AvgIpc) is 3.36. The number of carbonyl (C=O) groups is 2. The molecule has 12 heteroatoms. The van der Waals surface area contributed by atoms with E-state index in [4.69, 9.17) is 23.2 Å². The van der Waals surface area contributed by atoms with Gasteiger partial charge >= 0.3 is 0 Å². The Balaban J connectivity index is 1.26. The summed E-state index contributed by atoms with van der Waals surface area (Å²) < 4.78 is 3.43. The molecule has 0 radical (unpaired) electrons. The van der Waals surface area contributed by atoms with Gasteiger partial charge in [0.1, 0.15) is 0 Å². The summed E-state index contributed by atoms with van der Waals surface area (Å²) in [7, 11) is 0. The Morgan fingerprint density at radius 1 is 0.690 bits per heavy atom. The van der Waals surface area contributed by atoms with Crippen LogP contribution in [-0.2, 0) is 9.59 Å². The van der Waals surface area contributed by atoms with E-state index in [9.17, 15) is 19.8 Å². The Kier molecular flexibility index (Phi) is 10.0. The molecule has 0 unspecified atom stereocenters. The minimum Gasteiger partial charge on any atom is -0.493 e. The molecule has 10 nitrogen and oxygen atoms in total. The highest BCUT2D eigenvalue weighted by atomic mass is 35.5. The number of azo groups is 2. The molecule has 4 aromatic rings. The van der Waals surface area contributed by atoms with Crippen molar-refractivity contribution in [3.63, 3.8) is 0 Å². The SMILES string of the molecule is CC(C)n1c(O)c(N=NC(=O)CCCCCCC(=O)N=Nc2c(O)n(C(C)C)c3ccc(Cl)cc23)c2cc(Cl)ccc21. The zero-order valence-corrected chi connectivity index (χ0v) is 25.5. The van der Waals surface area contributed by atoms with E-state index in [1.807, 2.05) is 27.7 Å². The van der Waals surface area contributed by atoms with Gasteiger partial charge in [0.2, 0.25) is 11.8 Å². The topological polar surface area (TPSA) is 134 Å². The van der Waals surface area contributed by atoms with Gasteiger partial charge in [0, 0.05) is 45.7 Å². The van der Waals surface area contributed by atoms with Crippen molar-refractivity contribution in [2.24, 2.45) is 20.5 Å². The number of benzene rings is 2. The molecule has 2 aromatic carbocycles. The van der Waals surface area contributed by atoms with Crippen LogP contribution >= 0.6 is 23.2 Å². The van der Waals surface area contributed by atoms with Crippen LogP contribution in [-0.4, -0.2) is 31.2 Å². The maximum absolute atomic E-state index is 12.3. The Morgan fingerprint density at radius 3 is 1.43 bits per heavy atom. The van der Waals surface area contributed by atoms with Gasteiger partial charge in [-0.25, -0.2) is 0 Å². The van der Waals surface area contributed by atoms with E-state index in [-0.39, 0.29) is 48.1 Å². The molecule has 4 rings (SSSR count). The van der Waals surface area contributed by atoms with E-state index in [0.717, 1.165) is 23.9 Å². The molecule has 0 aliphatic carbocycles. The molecule has 0 saturated carbocycles. The summed E-state index contributed by atoms with van der Waals surface area (Å²) in [4.78, 5) is 24.7. The van der Waals surface area contributed by atoms with Crippen molar-refractivity contribution in [2.45, 2.75) is 78.3 Å². The van der Waals surface area contributed by atoms with Gasteiger partial charge in [-0.05, 0) is 76.9 Å². The number of hydrogen-bond acceptors (Lipinski definition) is 6. The first-order valence-electron chi connectivity index (χ1n) is 13.9. The third-order valence-electron chi connectivity index (χ3n) is 6.91. The Morgan fingerprint density at radius 2 is 1.07 bits per heavy atom. The number of aromatic hydroxyl groups is 2. The van der Waals surface area contributed by atoms with Gasteiger partial charge in [0.25, 0.3) is 11.8 Å². The first-order valence-corrected chi connectivity index (χ1v) is 14.7. The van der Waals surface area contributed by atoms with Crippen LogP contribution in [0.4, 0.5) is 11.4 Å². The molecule has 0 fully saturated rings. The molecule has 2 amide bonds. The molecule has 0 saturated heterocycles.